The second kappa shape index (κ2) is 32.2. The van der Waals surface area contributed by atoms with Crippen LogP contribution >= 0.6 is 0 Å². The van der Waals surface area contributed by atoms with Gasteiger partial charge < -0.3 is 13.7 Å². The molecule has 0 aliphatic rings. The van der Waals surface area contributed by atoms with Gasteiger partial charge in [-0.05, 0) is 71.3 Å². The predicted octanol–water partition coefficient (Wildman–Crippen LogP) is 12.0. The van der Waals surface area contributed by atoms with E-state index in [1.165, 1.54) is 33.4 Å². The second-order valence-electron chi connectivity index (χ2n) is 17.9. The van der Waals surface area contributed by atoms with E-state index in [9.17, 15) is 0 Å². The zero-order valence-corrected chi connectivity index (χ0v) is 50.6. The quantitative estimate of drug-likeness (QED) is 0.0947. The van der Waals surface area contributed by atoms with Crippen LogP contribution in [0.2, 0.25) is 0 Å². The Balaban J connectivity index is 0.000000155. The van der Waals surface area contributed by atoms with Crippen molar-refractivity contribution in [2.75, 3.05) is 0 Å². The van der Waals surface area contributed by atoms with Gasteiger partial charge in [0.2, 0.25) is 0 Å². The van der Waals surface area contributed by atoms with Crippen LogP contribution in [0.3, 0.4) is 0 Å². The Morgan fingerprint density at radius 3 is 0.778 bits per heavy atom. The van der Waals surface area contributed by atoms with E-state index in [4.69, 9.17) is 0 Å². The summed E-state index contributed by atoms with van der Waals surface area (Å²) in [4.78, 5) is 13.9. The maximum atomic E-state index is 4.62. The molecule has 408 valence electrons. The Morgan fingerprint density at radius 2 is 0.543 bits per heavy atom. The van der Waals surface area contributed by atoms with Crippen LogP contribution in [0, 0.1) is 36.8 Å². The van der Waals surface area contributed by atoms with Gasteiger partial charge in [0, 0.05) is 56.8 Å². The molecular formula is C66H54N12Pt3. The average molecular weight is 1600 g/mol. The van der Waals surface area contributed by atoms with Gasteiger partial charge in [-0.2, -0.15) is 143 Å². The van der Waals surface area contributed by atoms with Crippen molar-refractivity contribution >= 4 is 0 Å². The van der Waals surface area contributed by atoms with Crippen LogP contribution < -0.4 is 0 Å². The molecule has 0 atom stereocenters. The van der Waals surface area contributed by atoms with E-state index in [-0.39, 0.29) is 63.2 Å². The average Bonchev–Trinajstić information content (AvgIpc) is 4.36. The van der Waals surface area contributed by atoms with Gasteiger partial charge in [0.05, 0.1) is 53.8 Å². The van der Waals surface area contributed by atoms with Crippen LogP contribution in [0.25, 0.3) is 33.4 Å². The van der Waals surface area contributed by atoms with Gasteiger partial charge in [-0.25, -0.2) is 0 Å². The van der Waals surface area contributed by atoms with Crippen molar-refractivity contribution in [1.29, 1.82) is 0 Å². The summed E-state index contributed by atoms with van der Waals surface area (Å²) in [6.07, 6.45) is 26.4. The van der Waals surface area contributed by atoms with E-state index >= 15 is 0 Å². The van der Waals surface area contributed by atoms with Crippen LogP contribution in [-0.4, -0.2) is 58.0 Å². The van der Waals surface area contributed by atoms with Crippen LogP contribution in [0.15, 0.2) is 256 Å². The summed E-state index contributed by atoms with van der Waals surface area (Å²) in [7, 11) is 0. The second-order valence-corrected chi connectivity index (χ2v) is 17.9. The summed E-state index contributed by atoms with van der Waals surface area (Å²) < 4.78 is 11.6. The van der Waals surface area contributed by atoms with E-state index in [0.717, 1.165) is 53.8 Å². The van der Waals surface area contributed by atoms with Crippen molar-refractivity contribution in [3.05, 3.63) is 327 Å². The molecule has 0 bridgehead atoms. The van der Waals surface area contributed by atoms with Crippen molar-refractivity contribution in [1.82, 2.24) is 58.0 Å². The molecule has 81 heavy (non-hydrogen) atoms. The molecule has 0 aliphatic carbocycles. The molecule has 13 aromatic rings. The summed E-state index contributed by atoms with van der Waals surface area (Å²) in [6.45, 7) is 4.36. The van der Waals surface area contributed by atoms with Crippen molar-refractivity contribution in [3.8, 4) is 33.4 Å². The molecule has 0 saturated heterocycles. The fourth-order valence-corrected chi connectivity index (χ4v) is 8.47. The molecule has 0 aliphatic heterocycles. The van der Waals surface area contributed by atoms with Gasteiger partial charge >= 0.3 is 63.2 Å². The minimum absolute atomic E-state index is 0. The largest absolute Gasteiger partial charge is 2.00 e. The van der Waals surface area contributed by atoms with Crippen LogP contribution in [0.1, 0.15) is 34.2 Å². The van der Waals surface area contributed by atoms with Crippen molar-refractivity contribution in [2.24, 2.45) is 0 Å². The number of pyridine rings is 3. The summed E-state index contributed by atoms with van der Waals surface area (Å²) in [6, 6.07) is 75.9. The maximum Gasteiger partial charge on any atom is 2.00 e. The first-order chi connectivity index (χ1) is 38.6. The Labute approximate surface area is 516 Å². The minimum Gasteiger partial charge on any atom is -0.466 e. The summed E-state index contributed by atoms with van der Waals surface area (Å²) in [5.41, 5.74) is 13.4. The maximum absolute atomic E-state index is 4.62. The van der Waals surface area contributed by atoms with Gasteiger partial charge in [0.15, 0.2) is 0 Å². The molecule has 12 nitrogen and oxygen atoms in total. The van der Waals surface area contributed by atoms with Crippen LogP contribution in [0.5, 0.6) is 0 Å². The smallest absolute Gasteiger partial charge is 0.466 e. The van der Waals surface area contributed by atoms with Gasteiger partial charge in [-0.1, -0.05) is 36.4 Å². The third-order valence-electron chi connectivity index (χ3n) is 12.1. The Kier molecular flexibility index (Phi) is 24.1. The predicted molar refractivity (Wildman–Crippen MR) is 303 cm³/mol. The summed E-state index contributed by atoms with van der Waals surface area (Å²) in [5.74, 6) is 0. The van der Waals surface area contributed by atoms with Crippen LogP contribution in [0.4, 0.5) is 0 Å². The fourth-order valence-electron chi connectivity index (χ4n) is 8.47. The monoisotopic (exact) mass is 1600 g/mol. The standard InChI is InChI=1S/C24H15.3C14H13N4.3Pt/c1-4-10-19(11-5-1)22-16-23(20-12-6-2-7-13-20)18-24(17-22)21-14-8-3-9-15-21;3*1-2-9-17(8-1)11-13-5-3-6-14(16-13)12-18-10-4-7-15-18;;;/h4-18H;3*1-8,10H,11-12H2;;;/q-3;3*-1;3*+2. The number of hydrogen-bond acceptors (Lipinski definition) is 6. The summed E-state index contributed by atoms with van der Waals surface area (Å²) in [5, 5.41) is 12.5. The Bertz CT molecular complexity index is 3160. The first-order valence-corrected chi connectivity index (χ1v) is 25.5. The SMILES string of the molecule is [Pt+2].[Pt+2].[Pt+2].[c-]1ccc(-c2cc(-c3cc[c-]cc3)cc(-c3cc[c-]cc3)c2)cc1.[c-]1cccn1Cc1cccc(Cn2cccn2)n1.[c-]1cccn1Cc1cccc(Cn2cccn2)n1.[c-]1cccn1Cc1cccc(Cn2cccn2)n1. The Morgan fingerprint density at radius 1 is 0.272 bits per heavy atom. The van der Waals surface area contributed by atoms with E-state index in [1.54, 1.807) is 18.6 Å². The number of aromatic nitrogens is 12. The van der Waals surface area contributed by atoms with Crippen LogP contribution in [-0.2, 0) is 102 Å². The van der Waals surface area contributed by atoms with Gasteiger partial charge in [-0.15, -0.1) is 53.9 Å². The third kappa shape index (κ3) is 19.0. The Hall–Kier alpha value is -8.14. The molecular weight excluding hydrogens is 1550 g/mol. The van der Waals surface area contributed by atoms with E-state index in [1.807, 2.05) is 211 Å². The van der Waals surface area contributed by atoms with E-state index in [0.29, 0.717) is 19.6 Å². The molecule has 0 amide bonds. The normalized spacial score (nSPS) is 10.2. The third-order valence-corrected chi connectivity index (χ3v) is 12.1. The molecule has 0 fully saturated rings. The van der Waals surface area contributed by atoms with E-state index in [2.05, 4.69) is 122 Å². The van der Waals surface area contributed by atoms with Gasteiger partial charge in [0.25, 0.3) is 0 Å². The van der Waals surface area contributed by atoms with Crippen molar-refractivity contribution < 1.29 is 63.2 Å². The first-order valence-electron chi connectivity index (χ1n) is 25.5. The fraction of sp³-hybridized carbons (Fsp3) is 0.0909. The minimum atomic E-state index is 0. The van der Waals surface area contributed by atoms with Gasteiger partial charge in [-0.3, -0.25) is 29.0 Å². The topological polar surface area (TPSA) is 107 Å². The molecule has 4 aromatic carbocycles. The molecule has 0 unspecified atom stereocenters. The van der Waals surface area contributed by atoms with Crippen molar-refractivity contribution in [2.45, 2.75) is 39.3 Å². The number of rotatable bonds is 15. The molecule has 15 heteroatoms. The van der Waals surface area contributed by atoms with Crippen molar-refractivity contribution in [3.63, 3.8) is 0 Å². The van der Waals surface area contributed by atoms with Gasteiger partial charge in [0.1, 0.15) is 0 Å². The number of hydrogen-bond donors (Lipinski definition) is 0. The zero-order chi connectivity index (χ0) is 52.8. The number of benzene rings is 4. The number of nitrogens with zero attached hydrogens (tertiary/aromatic N) is 12. The van der Waals surface area contributed by atoms with E-state index < -0.39 is 0 Å². The molecule has 0 N–H and O–H groups in total. The zero-order valence-electron chi connectivity index (χ0n) is 43.8. The molecule has 9 heterocycles. The molecule has 0 radical (unpaired) electrons. The molecule has 0 saturated carbocycles. The molecule has 0 spiro atoms. The first kappa shape index (κ1) is 60.5. The molecule has 9 aromatic heterocycles. The molecule has 13 rings (SSSR count). The summed E-state index contributed by atoms with van der Waals surface area (Å²) >= 11 is 0.